The summed E-state index contributed by atoms with van der Waals surface area (Å²) in [7, 11) is 0. The van der Waals surface area contributed by atoms with Gasteiger partial charge in [-0.05, 0) is 26.7 Å². The van der Waals surface area contributed by atoms with Gasteiger partial charge < -0.3 is 19.7 Å². The van der Waals surface area contributed by atoms with Crippen LogP contribution in [0.1, 0.15) is 45.5 Å². The van der Waals surface area contributed by atoms with Crippen molar-refractivity contribution in [3.8, 4) is 0 Å². The maximum atomic E-state index is 9.83. The molecule has 19 heavy (non-hydrogen) atoms. The highest BCUT2D eigenvalue weighted by Gasteiger charge is 2.22. The number of aliphatic hydroxyl groups excluding tert-OH is 1. The number of hydrogen-bond acceptors (Lipinski definition) is 6. The van der Waals surface area contributed by atoms with Crippen LogP contribution in [-0.2, 0) is 4.74 Å². The first-order chi connectivity index (χ1) is 8.90. The topological polar surface area (TPSA) is 80.4 Å². The van der Waals surface area contributed by atoms with Crippen LogP contribution < -0.4 is 5.32 Å². The van der Waals surface area contributed by atoms with E-state index in [1.54, 1.807) is 6.92 Å². The van der Waals surface area contributed by atoms with Crippen LogP contribution >= 0.6 is 0 Å². The molecule has 110 valence electrons. The highest BCUT2D eigenvalue weighted by atomic mass is 16.5. The summed E-state index contributed by atoms with van der Waals surface area (Å²) < 4.78 is 10.5. The largest absolute Gasteiger partial charge is 0.389 e. The van der Waals surface area contributed by atoms with Crippen molar-refractivity contribution in [2.24, 2.45) is 5.92 Å². The fraction of sp³-hybridized carbons (Fsp3) is 0.846. The fourth-order valence-corrected chi connectivity index (χ4v) is 1.67. The van der Waals surface area contributed by atoms with Crippen molar-refractivity contribution in [1.29, 1.82) is 0 Å². The number of aryl methyl sites for hydroxylation is 1. The Morgan fingerprint density at radius 1 is 1.32 bits per heavy atom. The summed E-state index contributed by atoms with van der Waals surface area (Å²) in [5.74, 6) is 1.47. The minimum atomic E-state index is -0.548. The second kappa shape index (κ2) is 7.57. The first kappa shape index (κ1) is 16.1. The van der Waals surface area contributed by atoms with E-state index in [0.717, 1.165) is 0 Å². The highest BCUT2D eigenvalue weighted by Crippen LogP contribution is 2.19. The summed E-state index contributed by atoms with van der Waals surface area (Å²) in [5, 5.41) is 16.9. The molecule has 2 N–H and O–H groups in total. The van der Waals surface area contributed by atoms with Crippen molar-refractivity contribution >= 4 is 0 Å². The number of rotatable bonds is 8. The first-order valence-corrected chi connectivity index (χ1v) is 6.73. The molecular weight excluding hydrogens is 246 g/mol. The Hall–Kier alpha value is -0.980. The molecule has 0 amide bonds. The van der Waals surface area contributed by atoms with Crippen molar-refractivity contribution < 1.29 is 14.4 Å². The van der Waals surface area contributed by atoms with Gasteiger partial charge in [0.1, 0.15) is 0 Å². The van der Waals surface area contributed by atoms with Gasteiger partial charge in [0.05, 0.1) is 24.9 Å². The molecule has 6 heteroatoms. The summed E-state index contributed by atoms with van der Waals surface area (Å²) in [5.41, 5.74) is 0. The van der Waals surface area contributed by atoms with Gasteiger partial charge in [-0.2, -0.15) is 4.98 Å². The third-order valence-electron chi connectivity index (χ3n) is 2.67. The Morgan fingerprint density at radius 3 is 2.47 bits per heavy atom. The summed E-state index contributed by atoms with van der Waals surface area (Å²) in [6, 6.07) is -0.0603. The number of hydrogen-bond donors (Lipinski definition) is 2. The van der Waals surface area contributed by atoms with E-state index in [0.29, 0.717) is 24.9 Å². The molecule has 0 saturated carbocycles. The molecule has 0 bridgehead atoms. The number of aliphatic hydroxyl groups is 1. The highest BCUT2D eigenvalue weighted by molar-refractivity contribution is 4.93. The number of nitrogens with zero attached hydrogens (tertiary/aromatic N) is 2. The molecule has 1 aromatic heterocycles. The second-order valence-electron chi connectivity index (χ2n) is 5.35. The third-order valence-corrected chi connectivity index (χ3v) is 2.67. The van der Waals surface area contributed by atoms with E-state index in [1.807, 2.05) is 13.8 Å². The molecule has 0 radical (unpaired) electrons. The second-order valence-corrected chi connectivity index (χ2v) is 5.35. The van der Waals surface area contributed by atoms with E-state index < -0.39 is 6.10 Å². The minimum absolute atomic E-state index is 0.0603. The van der Waals surface area contributed by atoms with Gasteiger partial charge in [0, 0.05) is 6.54 Å². The SMILES string of the molecule is Cc1noc(C(NCC(O)COC(C)C)C(C)C)n1. The van der Waals surface area contributed by atoms with Gasteiger partial charge >= 0.3 is 0 Å². The van der Waals surface area contributed by atoms with Crippen LogP contribution in [0.4, 0.5) is 0 Å². The minimum Gasteiger partial charge on any atom is -0.389 e. The maximum Gasteiger partial charge on any atom is 0.244 e. The monoisotopic (exact) mass is 271 g/mol. The van der Waals surface area contributed by atoms with E-state index in [9.17, 15) is 5.11 Å². The predicted molar refractivity (Wildman–Crippen MR) is 71.7 cm³/mol. The Morgan fingerprint density at radius 2 is 2.00 bits per heavy atom. The molecule has 0 saturated heterocycles. The molecule has 0 aliphatic heterocycles. The van der Waals surface area contributed by atoms with Crippen molar-refractivity contribution in [2.75, 3.05) is 13.2 Å². The Bertz CT molecular complexity index is 366. The van der Waals surface area contributed by atoms with Crippen molar-refractivity contribution in [3.63, 3.8) is 0 Å². The van der Waals surface area contributed by atoms with Crippen LogP contribution in [0.5, 0.6) is 0 Å². The van der Waals surface area contributed by atoms with Gasteiger partial charge in [0.2, 0.25) is 5.89 Å². The fourth-order valence-electron chi connectivity index (χ4n) is 1.67. The molecule has 0 aliphatic rings. The quantitative estimate of drug-likeness (QED) is 0.745. The molecule has 1 rings (SSSR count). The summed E-state index contributed by atoms with van der Waals surface area (Å²) >= 11 is 0. The summed E-state index contributed by atoms with van der Waals surface area (Å²) in [4.78, 5) is 4.23. The predicted octanol–water partition coefficient (Wildman–Crippen LogP) is 1.45. The van der Waals surface area contributed by atoms with Crippen LogP contribution in [-0.4, -0.2) is 40.6 Å². The maximum absolute atomic E-state index is 9.83. The Kier molecular flexibility index (Phi) is 6.41. The van der Waals surface area contributed by atoms with Gasteiger partial charge in [0.15, 0.2) is 5.82 Å². The van der Waals surface area contributed by atoms with Crippen LogP contribution in [0, 0.1) is 12.8 Å². The lowest BCUT2D eigenvalue weighted by Gasteiger charge is -2.21. The molecule has 2 atom stereocenters. The number of aromatic nitrogens is 2. The zero-order chi connectivity index (χ0) is 14.4. The average molecular weight is 271 g/mol. The van der Waals surface area contributed by atoms with E-state index in [4.69, 9.17) is 9.26 Å². The van der Waals surface area contributed by atoms with Crippen molar-refractivity contribution in [1.82, 2.24) is 15.5 Å². The smallest absolute Gasteiger partial charge is 0.244 e. The van der Waals surface area contributed by atoms with Gasteiger partial charge in [-0.25, -0.2) is 0 Å². The van der Waals surface area contributed by atoms with Crippen LogP contribution in [0.15, 0.2) is 4.52 Å². The number of ether oxygens (including phenoxy) is 1. The van der Waals surface area contributed by atoms with Gasteiger partial charge in [-0.3, -0.25) is 0 Å². The van der Waals surface area contributed by atoms with Gasteiger partial charge in [0.25, 0.3) is 0 Å². The Balaban J connectivity index is 2.47. The van der Waals surface area contributed by atoms with E-state index in [-0.39, 0.29) is 18.1 Å². The van der Waals surface area contributed by atoms with Crippen molar-refractivity contribution in [3.05, 3.63) is 11.7 Å². The Labute approximate surface area is 114 Å². The molecular formula is C13H25N3O3. The molecule has 1 heterocycles. The lowest BCUT2D eigenvalue weighted by molar-refractivity contribution is 0.00442. The molecule has 2 unspecified atom stereocenters. The van der Waals surface area contributed by atoms with E-state index >= 15 is 0 Å². The zero-order valence-electron chi connectivity index (χ0n) is 12.4. The normalized spacial score (nSPS) is 15.2. The lowest BCUT2D eigenvalue weighted by atomic mass is 10.0. The molecule has 6 nitrogen and oxygen atoms in total. The third kappa shape index (κ3) is 5.67. The van der Waals surface area contributed by atoms with Crippen LogP contribution in [0.3, 0.4) is 0 Å². The molecule has 0 aliphatic carbocycles. The van der Waals surface area contributed by atoms with Gasteiger partial charge in [-0.15, -0.1) is 0 Å². The lowest BCUT2D eigenvalue weighted by Crippen LogP contribution is -2.35. The summed E-state index contributed by atoms with van der Waals surface area (Å²) in [6.07, 6.45) is -0.429. The van der Waals surface area contributed by atoms with Crippen molar-refractivity contribution in [2.45, 2.75) is 52.9 Å². The van der Waals surface area contributed by atoms with E-state index in [1.165, 1.54) is 0 Å². The average Bonchev–Trinajstić information content (AvgIpc) is 2.73. The van der Waals surface area contributed by atoms with E-state index in [2.05, 4.69) is 29.3 Å². The molecule has 0 spiro atoms. The molecule has 0 fully saturated rings. The molecule has 0 aromatic carbocycles. The van der Waals surface area contributed by atoms with Crippen LogP contribution in [0.2, 0.25) is 0 Å². The summed E-state index contributed by atoms with van der Waals surface area (Å²) in [6.45, 7) is 10.5. The molecule has 1 aromatic rings. The standard InChI is InChI=1S/C13H25N3O3/c1-8(2)12(13-15-10(5)16-19-13)14-6-11(17)7-18-9(3)4/h8-9,11-12,14,17H,6-7H2,1-5H3. The van der Waals surface area contributed by atoms with Gasteiger partial charge in [-0.1, -0.05) is 19.0 Å². The zero-order valence-corrected chi connectivity index (χ0v) is 12.4. The number of nitrogens with one attached hydrogen (secondary N) is 1. The van der Waals surface area contributed by atoms with Crippen LogP contribution in [0.25, 0.3) is 0 Å². The first-order valence-electron chi connectivity index (χ1n) is 6.73.